The predicted octanol–water partition coefficient (Wildman–Crippen LogP) is 3.20. The summed E-state index contributed by atoms with van der Waals surface area (Å²) < 4.78 is 0. The lowest BCUT2D eigenvalue weighted by atomic mass is 10.1. The van der Waals surface area contributed by atoms with E-state index >= 15 is 0 Å². The number of benzene rings is 1. The largest absolute Gasteiger partial charge is 0.288 e. The van der Waals surface area contributed by atoms with Gasteiger partial charge in [0.1, 0.15) is 0 Å². The zero-order valence-electron chi connectivity index (χ0n) is 9.72. The molecule has 0 aliphatic heterocycles. The van der Waals surface area contributed by atoms with Gasteiger partial charge in [-0.25, -0.2) is 0 Å². The molecule has 0 fully saturated rings. The van der Waals surface area contributed by atoms with Crippen LogP contribution in [0.25, 0.3) is 0 Å². The number of nitrogens with zero attached hydrogens (tertiary/aromatic N) is 1. The van der Waals surface area contributed by atoms with E-state index in [2.05, 4.69) is 0 Å². The summed E-state index contributed by atoms with van der Waals surface area (Å²) >= 11 is 1.34. The lowest BCUT2D eigenvalue weighted by Crippen LogP contribution is -1.91. The van der Waals surface area contributed by atoms with E-state index < -0.39 is 4.92 Å². The van der Waals surface area contributed by atoms with Crippen molar-refractivity contribution in [1.82, 2.24) is 0 Å². The Bertz CT molecular complexity index is 389. The molecule has 0 unspecified atom stereocenters. The molecule has 0 aromatic heterocycles. The number of carbonyl (C=O) groups is 1. The maximum absolute atomic E-state index is 10.7. The summed E-state index contributed by atoms with van der Waals surface area (Å²) in [5.74, 6) is 0.850. The zero-order chi connectivity index (χ0) is 12.7. The first-order valence-electron chi connectivity index (χ1n) is 5.46. The van der Waals surface area contributed by atoms with Gasteiger partial charge >= 0.3 is 0 Å². The number of non-ortho nitro benzene ring substituents is 1. The molecule has 1 aromatic carbocycles. The van der Waals surface area contributed by atoms with Gasteiger partial charge in [-0.15, -0.1) is 0 Å². The maximum Gasteiger partial charge on any atom is 0.269 e. The Morgan fingerprint density at radius 3 is 2.47 bits per heavy atom. The molecule has 0 saturated heterocycles. The molecule has 0 atom stereocenters. The summed E-state index contributed by atoms with van der Waals surface area (Å²) in [6, 6.07) is 6.63. The molecule has 17 heavy (non-hydrogen) atoms. The minimum absolute atomic E-state index is 0.126. The fourth-order valence-electron chi connectivity index (χ4n) is 1.43. The van der Waals surface area contributed by atoms with Crippen molar-refractivity contribution in [2.45, 2.75) is 26.2 Å². The van der Waals surface area contributed by atoms with Crippen LogP contribution in [0, 0.1) is 10.1 Å². The Morgan fingerprint density at radius 1 is 1.29 bits per heavy atom. The van der Waals surface area contributed by atoms with Gasteiger partial charge in [-0.1, -0.05) is 23.9 Å². The van der Waals surface area contributed by atoms with E-state index in [1.54, 1.807) is 19.1 Å². The second kappa shape index (κ2) is 7.06. The van der Waals surface area contributed by atoms with Crippen molar-refractivity contribution in [1.29, 1.82) is 0 Å². The number of hydrogen-bond donors (Lipinski definition) is 0. The molecular formula is C12H15NO3S. The zero-order valence-corrected chi connectivity index (χ0v) is 10.5. The molecule has 1 rings (SSSR count). The number of unbranched alkanes of at least 4 members (excludes halogenated alkanes) is 1. The van der Waals surface area contributed by atoms with Crippen LogP contribution < -0.4 is 0 Å². The lowest BCUT2D eigenvalue weighted by Gasteiger charge is -2.00. The summed E-state index contributed by atoms with van der Waals surface area (Å²) in [5, 5.41) is 10.6. The summed E-state index contributed by atoms with van der Waals surface area (Å²) in [7, 11) is 0. The molecule has 0 radical (unpaired) electrons. The third kappa shape index (κ3) is 5.49. The molecule has 0 spiro atoms. The smallest absolute Gasteiger partial charge is 0.269 e. The van der Waals surface area contributed by atoms with E-state index in [-0.39, 0.29) is 10.8 Å². The highest BCUT2D eigenvalue weighted by atomic mass is 32.2. The first-order chi connectivity index (χ1) is 8.09. The van der Waals surface area contributed by atoms with Crippen LogP contribution in [0.5, 0.6) is 0 Å². The molecule has 0 heterocycles. The number of thioether (sulfide) groups is 1. The minimum atomic E-state index is -0.396. The average Bonchev–Trinajstić information content (AvgIpc) is 2.29. The molecule has 0 aliphatic rings. The molecule has 0 N–H and O–H groups in total. The van der Waals surface area contributed by atoms with E-state index in [0.29, 0.717) is 0 Å². The van der Waals surface area contributed by atoms with Gasteiger partial charge in [0, 0.05) is 24.8 Å². The molecule has 92 valence electrons. The van der Waals surface area contributed by atoms with Crippen molar-refractivity contribution < 1.29 is 9.72 Å². The number of carbonyl (C=O) groups excluding carboxylic acids is 1. The van der Waals surface area contributed by atoms with Crippen LogP contribution in [0.15, 0.2) is 24.3 Å². The molecule has 0 saturated carbocycles. The van der Waals surface area contributed by atoms with Crippen molar-refractivity contribution in [3.8, 4) is 0 Å². The van der Waals surface area contributed by atoms with Gasteiger partial charge in [0.05, 0.1) is 4.92 Å². The van der Waals surface area contributed by atoms with Crippen molar-refractivity contribution in [2.24, 2.45) is 0 Å². The van der Waals surface area contributed by atoms with Gasteiger partial charge in [-0.3, -0.25) is 14.9 Å². The van der Waals surface area contributed by atoms with Crippen molar-refractivity contribution in [3.63, 3.8) is 0 Å². The quantitative estimate of drug-likeness (QED) is 0.444. The number of hydrogen-bond acceptors (Lipinski definition) is 4. The molecular weight excluding hydrogens is 238 g/mol. The predicted molar refractivity (Wildman–Crippen MR) is 69.2 cm³/mol. The minimum Gasteiger partial charge on any atom is -0.288 e. The highest BCUT2D eigenvalue weighted by Gasteiger charge is 2.03. The Morgan fingerprint density at radius 2 is 1.94 bits per heavy atom. The van der Waals surface area contributed by atoms with Gasteiger partial charge in [0.15, 0.2) is 5.12 Å². The molecule has 0 amide bonds. The van der Waals surface area contributed by atoms with Crippen LogP contribution in [0.4, 0.5) is 5.69 Å². The van der Waals surface area contributed by atoms with Crippen LogP contribution in [0.3, 0.4) is 0 Å². The Balaban J connectivity index is 2.27. The van der Waals surface area contributed by atoms with Crippen LogP contribution >= 0.6 is 11.8 Å². The standard InChI is InChI=1S/C12H15NO3S/c1-10(14)17-9-3-2-4-11-5-7-12(8-6-11)13(15)16/h5-8H,2-4,9H2,1H3. The monoisotopic (exact) mass is 253 g/mol. The number of rotatable bonds is 6. The van der Waals surface area contributed by atoms with Crippen LogP contribution in [0.1, 0.15) is 25.3 Å². The lowest BCUT2D eigenvalue weighted by molar-refractivity contribution is -0.384. The van der Waals surface area contributed by atoms with Crippen molar-refractivity contribution in [3.05, 3.63) is 39.9 Å². The first-order valence-corrected chi connectivity index (χ1v) is 6.45. The SMILES string of the molecule is CC(=O)SCCCCc1ccc([N+](=O)[O-])cc1. The van der Waals surface area contributed by atoms with Crippen molar-refractivity contribution in [2.75, 3.05) is 5.75 Å². The van der Waals surface area contributed by atoms with Crippen LogP contribution in [-0.2, 0) is 11.2 Å². The van der Waals surface area contributed by atoms with Gasteiger partial charge in [-0.2, -0.15) is 0 Å². The van der Waals surface area contributed by atoms with E-state index in [4.69, 9.17) is 0 Å². The molecule has 5 heteroatoms. The first kappa shape index (κ1) is 13.7. The molecule has 0 aliphatic carbocycles. The second-order valence-electron chi connectivity index (χ2n) is 3.72. The Hall–Kier alpha value is -1.36. The van der Waals surface area contributed by atoms with Gasteiger partial charge < -0.3 is 0 Å². The Kier molecular flexibility index (Phi) is 5.69. The van der Waals surface area contributed by atoms with Crippen LogP contribution in [0.2, 0.25) is 0 Å². The van der Waals surface area contributed by atoms with E-state index in [1.165, 1.54) is 23.9 Å². The molecule has 1 aromatic rings. The van der Waals surface area contributed by atoms with Gasteiger partial charge in [0.25, 0.3) is 5.69 Å². The highest BCUT2D eigenvalue weighted by Crippen LogP contribution is 2.14. The van der Waals surface area contributed by atoms with E-state index in [0.717, 1.165) is 30.6 Å². The normalized spacial score (nSPS) is 10.2. The van der Waals surface area contributed by atoms with E-state index in [9.17, 15) is 14.9 Å². The van der Waals surface area contributed by atoms with Crippen LogP contribution in [-0.4, -0.2) is 15.8 Å². The Labute approximate surface area is 105 Å². The number of nitro benzene ring substituents is 1. The van der Waals surface area contributed by atoms with Gasteiger partial charge in [-0.05, 0) is 24.8 Å². The summed E-state index contributed by atoms with van der Waals surface area (Å²) in [4.78, 5) is 20.7. The summed E-state index contributed by atoms with van der Waals surface area (Å²) in [6.45, 7) is 1.57. The third-order valence-corrected chi connectivity index (χ3v) is 3.21. The second-order valence-corrected chi connectivity index (χ2v) is 4.99. The summed E-state index contributed by atoms with van der Waals surface area (Å²) in [6.07, 6.45) is 2.88. The number of aryl methyl sites for hydroxylation is 1. The highest BCUT2D eigenvalue weighted by molar-refractivity contribution is 8.13. The molecule has 4 nitrogen and oxygen atoms in total. The van der Waals surface area contributed by atoms with Crippen molar-refractivity contribution >= 4 is 22.6 Å². The van der Waals surface area contributed by atoms with E-state index in [1.807, 2.05) is 0 Å². The fourth-order valence-corrected chi connectivity index (χ4v) is 2.07. The third-order valence-electron chi connectivity index (χ3n) is 2.31. The van der Waals surface area contributed by atoms with Gasteiger partial charge in [0.2, 0.25) is 0 Å². The topological polar surface area (TPSA) is 60.2 Å². The maximum atomic E-state index is 10.7. The summed E-state index contributed by atoms with van der Waals surface area (Å²) in [5.41, 5.74) is 1.23. The molecule has 0 bridgehead atoms. The number of nitro groups is 1. The average molecular weight is 253 g/mol. The fraction of sp³-hybridized carbons (Fsp3) is 0.417.